The maximum absolute atomic E-state index is 13.6. The number of ether oxygens (including phenoxy) is 2. The monoisotopic (exact) mass is 300 g/mol. The van der Waals surface area contributed by atoms with Gasteiger partial charge in [-0.2, -0.15) is 0 Å². The summed E-state index contributed by atoms with van der Waals surface area (Å²) in [6, 6.07) is 2.75. The molecule has 0 fully saturated rings. The van der Waals surface area contributed by atoms with Gasteiger partial charge >= 0.3 is 5.97 Å². The van der Waals surface area contributed by atoms with Crippen molar-refractivity contribution in [3.05, 3.63) is 23.8 Å². The number of carbonyl (C=O) groups is 1. The van der Waals surface area contributed by atoms with Gasteiger partial charge in [-0.25, -0.2) is 9.37 Å². The molecule has 2 aromatic rings. The van der Waals surface area contributed by atoms with Crippen LogP contribution >= 0.6 is 11.6 Å². The Labute approximate surface area is 120 Å². The van der Waals surface area contributed by atoms with Crippen LogP contribution in [0.3, 0.4) is 0 Å². The number of halogens is 2. The van der Waals surface area contributed by atoms with E-state index in [0.717, 1.165) is 0 Å². The molecule has 7 heteroatoms. The van der Waals surface area contributed by atoms with Crippen molar-refractivity contribution < 1.29 is 18.7 Å². The normalized spacial score (nSPS) is 10.8. The first-order chi connectivity index (χ1) is 9.60. The molecule has 0 aliphatic heterocycles. The lowest BCUT2D eigenvalue weighted by atomic mass is 10.3. The zero-order valence-corrected chi connectivity index (χ0v) is 11.9. The van der Waals surface area contributed by atoms with Gasteiger partial charge in [0.05, 0.1) is 30.6 Å². The van der Waals surface area contributed by atoms with Crippen LogP contribution in [0, 0.1) is 5.82 Å². The summed E-state index contributed by atoms with van der Waals surface area (Å²) in [7, 11) is 1.37. The molecule has 0 aliphatic carbocycles. The van der Waals surface area contributed by atoms with Crippen molar-refractivity contribution in [2.24, 2.45) is 0 Å². The molecule has 1 aromatic carbocycles. The molecule has 0 spiro atoms. The first kappa shape index (κ1) is 14.6. The quantitative estimate of drug-likeness (QED) is 0.629. The maximum atomic E-state index is 13.6. The zero-order chi connectivity index (χ0) is 14.7. The highest BCUT2D eigenvalue weighted by molar-refractivity contribution is 6.16. The van der Waals surface area contributed by atoms with Gasteiger partial charge in [0.15, 0.2) is 11.6 Å². The largest absolute Gasteiger partial charge is 0.494 e. The fourth-order valence-corrected chi connectivity index (χ4v) is 2.15. The van der Waals surface area contributed by atoms with E-state index in [1.54, 1.807) is 11.5 Å². The van der Waals surface area contributed by atoms with Gasteiger partial charge in [0.25, 0.3) is 0 Å². The highest BCUT2D eigenvalue weighted by Crippen LogP contribution is 2.26. The zero-order valence-electron chi connectivity index (χ0n) is 11.2. The van der Waals surface area contributed by atoms with Crippen molar-refractivity contribution in [3.8, 4) is 5.75 Å². The summed E-state index contributed by atoms with van der Waals surface area (Å²) in [4.78, 5) is 15.8. The van der Waals surface area contributed by atoms with Gasteiger partial charge < -0.3 is 14.0 Å². The third-order valence-corrected chi connectivity index (χ3v) is 3.05. The van der Waals surface area contributed by atoms with Crippen molar-refractivity contribution >= 4 is 28.6 Å². The summed E-state index contributed by atoms with van der Waals surface area (Å²) in [5, 5.41) is 0. The molecule has 5 nitrogen and oxygen atoms in total. The summed E-state index contributed by atoms with van der Waals surface area (Å²) in [6.45, 7) is 1.99. The number of hydrogen-bond donors (Lipinski definition) is 0. The summed E-state index contributed by atoms with van der Waals surface area (Å²) < 4.78 is 25.1. The van der Waals surface area contributed by atoms with Crippen molar-refractivity contribution in [2.45, 2.75) is 19.3 Å². The summed E-state index contributed by atoms with van der Waals surface area (Å²) in [5.41, 5.74) is 0.996. The highest BCUT2D eigenvalue weighted by atomic mass is 35.5. The van der Waals surface area contributed by atoms with Gasteiger partial charge in [0, 0.05) is 12.1 Å². The molecule has 0 bridgehead atoms. The summed E-state index contributed by atoms with van der Waals surface area (Å²) in [6.07, 6.45) is 0. The van der Waals surface area contributed by atoms with E-state index in [1.165, 1.54) is 19.2 Å². The van der Waals surface area contributed by atoms with Crippen LogP contribution in [0.15, 0.2) is 12.1 Å². The molecule has 1 heterocycles. The van der Waals surface area contributed by atoms with Crippen LogP contribution in [0.5, 0.6) is 5.75 Å². The van der Waals surface area contributed by atoms with E-state index in [-0.39, 0.29) is 18.2 Å². The van der Waals surface area contributed by atoms with Crippen LogP contribution in [-0.4, -0.2) is 29.2 Å². The van der Waals surface area contributed by atoms with Crippen LogP contribution in [0.2, 0.25) is 0 Å². The Morgan fingerprint density at radius 3 is 2.85 bits per heavy atom. The fraction of sp³-hybridized carbons (Fsp3) is 0.385. The summed E-state index contributed by atoms with van der Waals surface area (Å²) in [5.74, 6) is -0.243. The lowest BCUT2D eigenvalue weighted by molar-refractivity contribution is -0.143. The SMILES string of the molecule is CCOC(=O)Cn1c(CCl)nc2cc(F)c(OC)cc21. The number of methoxy groups -OCH3 is 1. The number of carbonyl (C=O) groups excluding carboxylic acids is 1. The molecule has 1 aromatic heterocycles. The van der Waals surface area contributed by atoms with Gasteiger partial charge in [-0.3, -0.25) is 4.79 Å². The Kier molecular flexibility index (Phi) is 4.44. The Morgan fingerprint density at radius 2 is 2.25 bits per heavy atom. The third-order valence-electron chi connectivity index (χ3n) is 2.81. The van der Waals surface area contributed by atoms with Gasteiger partial charge in [-0.15, -0.1) is 11.6 Å². The van der Waals surface area contributed by atoms with Crippen LogP contribution in [0.1, 0.15) is 12.7 Å². The van der Waals surface area contributed by atoms with E-state index in [0.29, 0.717) is 23.5 Å². The Hall–Kier alpha value is -1.82. The van der Waals surface area contributed by atoms with Crippen LogP contribution < -0.4 is 4.74 Å². The van der Waals surface area contributed by atoms with E-state index in [2.05, 4.69) is 4.98 Å². The molecule has 0 unspecified atom stereocenters. The van der Waals surface area contributed by atoms with Crippen LogP contribution in [0.25, 0.3) is 11.0 Å². The Morgan fingerprint density at radius 1 is 1.50 bits per heavy atom. The van der Waals surface area contributed by atoms with Gasteiger partial charge in [0.2, 0.25) is 0 Å². The van der Waals surface area contributed by atoms with E-state index >= 15 is 0 Å². The van der Waals surface area contributed by atoms with Gasteiger partial charge in [-0.1, -0.05) is 0 Å². The maximum Gasteiger partial charge on any atom is 0.326 e. The second kappa shape index (κ2) is 6.09. The second-order valence-electron chi connectivity index (χ2n) is 4.03. The summed E-state index contributed by atoms with van der Waals surface area (Å²) >= 11 is 5.82. The number of nitrogens with zero attached hydrogens (tertiary/aromatic N) is 2. The lowest BCUT2D eigenvalue weighted by Gasteiger charge is -2.08. The molecule has 0 atom stereocenters. The molecule has 2 rings (SSSR count). The molecule has 0 N–H and O–H groups in total. The van der Waals surface area contributed by atoms with Crippen LogP contribution in [0.4, 0.5) is 4.39 Å². The molecule has 20 heavy (non-hydrogen) atoms. The molecule has 0 amide bonds. The topological polar surface area (TPSA) is 53.4 Å². The Bertz CT molecular complexity index is 642. The lowest BCUT2D eigenvalue weighted by Crippen LogP contribution is -2.15. The van der Waals surface area contributed by atoms with E-state index in [1.807, 2.05) is 0 Å². The number of alkyl halides is 1. The smallest absolute Gasteiger partial charge is 0.326 e. The average Bonchev–Trinajstić information content (AvgIpc) is 2.75. The van der Waals surface area contributed by atoms with Crippen molar-refractivity contribution in [3.63, 3.8) is 0 Å². The average molecular weight is 301 g/mol. The van der Waals surface area contributed by atoms with E-state index in [4.69, 9.17) is 21.1 Å². The van der Waals surface area contributed by atoms with Crippen molar-refractivity contribution in [1.29, 1.82) is 0 Å². The number of hydrogen-bond acceptors (Lipinski definition) is 4. The Balaban J connectivity index is 2.52. The third kappa shape index (κ3) is 2.70. The molecule has 0 saturated carbocycles. The van der Waals surface area contributed by atoms with E-state index in [9.17, 15) is 9.18 Å². The van der Waals surface area contributed by atoms with Gasteiger partial charge in [0.1, 0.15) is 12.4 Å². The molecule has 0 aliphatic rings. The first-order valence-electron chi connectivity index (χ1n) is 6.05. The standard InChI is InChI=1S/C13H14ClFN2O3/c1-3-20-13(18)7-17-10-5-11(19-2)8(15)4-9(10)16-12(17)6-14/h4-5H,3,6-7H2,1-2H3. The molecule has 0 saturated heterocycles. The second-order valence-corrected chi connectivity index (χ2v) is 4.30. The number of esters is 1. The highest BCUT2D eigenvalue weighted by Gasteiger charge is 2.16. The minimum Gasteiger partial charge on any atom is -0.494 e. The number of aromatic nitrogens is 2. The molecular weight excluding hydrogens is 287 g/mol. The predicted octanol–water partition coefficient (Wildman–Crippen LogP) is 2.49. The predicted molar refractivity (Wildman–Crippen MR) is 72.4 cm³/mol. The number of fused-ring (bicyclic) bond motifs is 1. The first-order valence-corrected chi connectivity index (χ1v) is 6.58. The number of benzene rings is 1. The minimum absolute atomic E-state index is 0.0266. The molecule has 108 valence electrons. The molecular formula is C13H14ClFN2O3. The van der Waals surface area contributed by atoms with Crippen LogP contribution in [-0.2, 0) is 22.0 Å². The van der Waals surface area contributed by atoms with E-state index < -0.39 is 11.8 Å². The van der Waals surface area contributed by atoms with Crippen molar-refractivity contribution in [2.75, 3.05) is 13.7 Å². The number of imidazole rings is 1. The molecule has 0 radical (unpaired) electrons. The van der Waals surface area contributed by atoms with Crippen molar-refractivity contribution in [1.82, 2.24) is 9.55 Å². The number of rotatable bonds is 5. The van der Waals surface area contributed by atoms with Gasteiger partial charge in [-0.05, 0) is 6.92 Å². The fourth-order valence-electron chi connectivity index (χ4n) is 1.95. The minimum atomic E-state index is -0.512.